The van der Waals surface area contributed by atoms with Crippen LogP contribution < -0.4 is 15.1 Å². The molecule has 0 radical (unpaired) electrons. The number of hydrogen-bond acceptors (Lipinski definition) is 6. The van der Waals surface area contributed by atoms with Crippen molar-refractivity contribution in [2.45, 2.75) is 19.9 Å². The van der Waals surface area contributed by atoms with Crippen molar-refractivity contribution in [2.75, 3.05) is 18.6 Å². The predicted octanol–water partition coefficient (Wildman–Crippen LogP) is 5.04. The molecule has 0 N–H and O–H groups in total. The van der Waals surface area contributed by atoms with E-state index in [0.29, 0.717) is 33.5 Å². The Bertz CT molecular complexity index is 1520. The highest BCUT2D eigenvalue weighted by atomic mass is 16.5. The Labute approximate surface area is 201 Å². The van der Waals surface area contributed by atoms with Crippen LogP contribution in [0.2, 0.25) is 0 Å². The molecule has 0 bridgehead atoms. The van der Waals surface area contributed by atoms with Gasteiger partial charge in [0.1, 0.15) is 11.3 Å². The van der Waals surface area contributed by atoms with Gasteiger partial charge >= 0.3 is 5.97 Å². The number of carbonyl (C=O) groups excluding carboxylic acids is 2. The number of fused-ring (bicyclic) bond motifs is 2. The highest BCUT2D eigenvalue weighted by molar-refractivity contribution is 6.10. The van der Waals surface area contributed by atoms with E-state index in [-0.39, 0.29) is 23.4 Å². The summed E-state index contributed by atoms with van der Waals surface area (Å²) in [6.45, 7) is 3.90. The van der Waals surface area contributed by atoms with Crippen LogP contribution in [0.25, 0.3) is 11.0 Å². The molecule has 0 fully saturated rings. The molecule has 35 heavy (non-hydrogen) atoms. The summed E-state index contributed by atoms with van der Waals surface area (Å²) in [5.74, 6) is -0.273. The fourth-order valence-electron chi connectivity index (χ4n) is 4.45. The Balaban J connectivity index is 1.72. The molecule has 2 heterocycles. The Morgan fingerprint density at radius 3 is 2.51 bits per heavy atom. The Morgan fingerprint density at radius 2 is 1.80 bits per heavy atom. The topological polar surface area (TPSA) is 86.0 Å². The first-order chi connectivity index (χ1) is 16.9. The molecule has 1 aliphatic heterocycles. The average Bonchev–Trinajstić information content (AvgIpc) is 3.17. The molecule has 0 aliphatic carbocycles. The third kappa shape index (κ3) is 3.75. The second kappa shape index (κ2) is 8.76. The van der Waals surface area contributed by atoms with Gasteiger partial charge in [0.05, 0.1) is 36.3 Å². The summed E-state index contributed by atoms with van der Waals surface area (Å²) in [4.78, 5) is 41.0. The Hall–Kier alpha value is -4.39. The summed E-state index contributed by atoms with van der Waals surface area (Å²) in [7, 11) is 1.56. The minimum Gasteiger partial charge on any atom is -0.497 e. The normalized spacial score (nSPS) is 14.8. The van der Waals surface area contributed by atoms with Gasteiger partial charge in [-0.1, -0.05) is 23.8 Å². The molecule has 0 saturated heterocycles. The summed E-state index contributed by atoms with van der Waals surface area (Å²) in [6, 6.07) is 18.4. The summed E-state index contributed by atoms with van der Waals surface area (Å²) < 4.78 is 16.5. The average molecular weight is 469 g/mol. The number of rotatable bonds is 5. The number of anilines is 1. The number of benzene rings is 3. The largest absolute Gasteiger partial charge is 0.497 e. The van der Waals surface area contributed by atoms with Crippen molar-refractivity contribution < 1.29 is 23.5 Å². The molecular formula is C28H23NO6. The number of methoxy groups -OCH3 is 1. The lowest BCUT2D eigenvalue weighted by molar-refractivity contribution is 0.0526. The molecule has 7 nitrogen and oxygen atoms in total. The highest BCUT2D eigenvalue weighted by Gasteiger charge is 2.43. The highest BCUT2D eigenvalue weighted by Crippen LogP contribution is 2.42. The maximum atomic E-state index is 13.7. The van der Waals surface area contributed by atoms with Crippen molar-refractivity contribution in [3.05, 3.63) is 105 Å². The van der Waals surface area contributed by atoms with Crippen LogP contribution in [0.15, 0.2) is 75.9 Å². The van der Waals surface area contributed by atoms with E-state index in [1.54, 1.807) is 62.6 Å². The molecule has 1 aliphatic rings. The van der Waals surface area contributed by atoms with Crippen molar-refractivity contribution in [1.82, 2.24) is 0 Å². The molecular weight excluding hydrogens is 446 g/mol. The van der Waals surface area contributed by atoms with Gasteiger partial charge in [-0.25, -0.2) is 4.79 Å². The van der Waals surface area contributed by atoms with Gasteiger partial charge in [0.2, 0.25) is 5.76 Å². The van der Waals surface area contributed by atoms with Crippen LogP contribution in [0.4, 0.5) is 5.69 Å². The first kappa shape index (κ1) is 22.4. The molecule has 1 aromatic heterocycles. The lowest BCUT2D eigenvalue weighted by Gasteiger charge is -2.25. The number of aryl methyl sites for hydroxylation is 1. The Kier molecular flexibility index (Phi) is 5.61. The number of ether oxygens (including phenoxy) is 2. The van der Waals surface area contributed by atoms with E-state index in [1.807, 2.05) is 25.1 Å². The molecule has 1 amide bonds. The van der Waals surface area contributed by atoms with E-state index in [2.05, 4.69) is 0 Å². The van der Waals surface area contributed by atoms with Gasteiger partial charge in [0, 0.05) is 5.69 Å². The SMILES string of the molecule is CCOC(=O)c1ccc(N2C(=O)c3oc4ccc(C)cc4c(=O)c3C2c2cccc(OC)c2)cc1. The first-order valence-electron chi connectivity index (χ1n) is 11.2. The molecule has 1 atom stereocenters. The van der Waals surface area contributed by atoms with Gasteiger partial charge in [0.15, 0.2) is 5.43 Å². The molecule has 176 valence electrons. The lowest BCUT2D eigenvalue weighted by atomic mass is 9.97. The molecule has 0 saturated carbocycles. The van der Waals surface area contributed by atoms with Crippen molar-refractivity contribution in [3.63, 3.8) is 0 Å². The van der Waals surface area contributed by atoms with Crippen molar-refractivity contribution >= 4 is 28.5 Å². The van der Waals surface area contributed by atoms with Crippen molar-refractivity contribution in [3.8, 4) is 5.75 Å². The number of esters is 1. The summed E-state index contributed by atoms with van der Waals surface area (Å²) in [5, 5.41) is 0.420. The van der Waals surface area contributed by atoms with Crippen LogP contribution in [-0.4, -0.2) is 25.6 Å². The fourth-order valence-corrected chi connectivity index (χ4v) is 4.45. The third-order valence-corrected chi connectivity index (χ3v) is 6.09. The number of hydrogen-bond donors (Lipinski definition) is 0. The number of carbonyl (C=O) groups is 2. The van der Waals surface area contributed by atoms with Crippen molar-refractivity contribution in [2.24, 2.45) is 0 Å². The summed E-state index contributed by atoms with van der Waals surface area (Å²) >= 11 is 0. The van der Waals surface area contributed by atoms with Gasteiger partial charge < -0.3 is 13.9 Å². The maximum absolute atomic E-state index is 13.7. The summed E-state index contributed by atoms with van der Waals surface area (Å²) in [5.41, 5.74) is 2.88. The molecule has 0 spiro atoms. The zero-order valence-corrected chi connectivity index (χ0v) is 19.5. The zero-order chi connectivity index (χ0) is 24.7. The van der Waals surface area contributed by atoms with E-state index in [9.17, 15) is 14.4 Å². The second-order valence-corrected chi connectivity index (χ2v) is 8.30. The molecule has 3 aromatic carbocycles. The predicted molar refractivity (Wildman–Crippen MR) is 131 cm³/mol. The van der Waals surface area contributed by atoms with Gasteiger partial charge in [0.25, 0.3) is 5.91 Å². The van der Waals surface area contributed by atoms with Crippen LogP contribution in [0.1, 0.15) is 50.6 Å². The van der Waals surface area contributed by atoms with Gasteiger partial charge in [-0.2, -0.15) is 0 Å². The zero-order valence-electron chi connectivity index (χ0n) is 19.5. The van der Waals surface area contributed by atoms with Gasteiger partial charge in [-0.15, -0.1) is 0 Å². The minimum absolute atomic E-state index is 0.00800. The third-order valence-electron chi connectivity index (χ3n) is 6.09. The van der Waals surface area contributed by atoms with Gasteiger partial charge in [-0.05, 0) is 67.9 Å². The van der Waals surface area contributed by atoms with Crippen molar-refractivity contribution in [1.29, 1.82) is 0 Å². The monoisotopic (exact) mass is 469 g/mol. The standard InChI is InChI=1S/C28H23NO6/c1-4-34-28(32)17-9-11-19(12-10-17)29-24(18-6-5-7-20(15-18)33-3)23-25(30)21-14-16(2)8-13-22(21)35-26(23)27(29)31/h5-15,24H,4H2,1-3H3. The second-order valence-electron chi connectivity index (χ2n) is 8.30. The van der Waals surface area contributed by atoms with Crippen LogP contribution in [-0.2, 0) is 4.74 Å². The van der Waals surface area contributed by atoms with Crippen LogP contribution >= 0.6 is 0 Å². The molecule has 1 unspecified atom stereocenters. The van der Waals surface area contributed by atoms with Crippen LogP contribution in [0.5, 0.6) is 5.75 Å². The molecule has 4 aromatic rings. The quantitative estimate of drug-likeness (QED) is 0.381. The fraction of sp³-hybridized carbons (Fsp3) is 0.179. The smallest absolute Gasteiger partial charge is 0.338 e. The first-order valence-corrected chi connectivity index (χ1v) is 11.2. The number of nitrogens with zero attached hydrogens (tertiary/aromatic N) is 1. The van der Waals surface area contributed by atoms with E-state index >= 15 is 0 Å². The molecule has 5 rings (SSSR count). The van der Waals surface area contributed by atoms with E-state index in [4.69, 9.17) is 13.9 Å². The Morgan fingerprint density at radius 1 is 1.03 bits per heavy atom. The van der Waals surface area contributed by atoms with Crippen LogP contribution in [0, 0.1) is 6.92 Å². The van der Waals surface area contributed by atoms with E-state index < -0.39 is 17.9 Å². The van der Waals surface area contributed by atoms with Crippen LogP contribution in [0.3, 0.4) is 0 Å². The lowest BCUT2D eigenvalue weighted by Crippen LogP contribution is -2.29. The maximum Gasteiger partial charge on any atom is 0.338 e. The number of amides is 1. The minimum atomic E-state index is -0.734. The van der Waals surface area contributed by atoms with E-state index in [0.717, 1.165) is 5.56 Å². The summed E-state index contributed by atoms with van der Waals surface area (Å²) in [6.07, 6.45) is 0. The molecule has 7 heteroatoms. The van der Waals surface area contributed by atoms with Gasteiger partial charge in [-0.3, -0.25) is 14.5 Å². The van der Waals surface area contributed by atoms with E-state index in [1.165, 1.54) is 4.90 Å².